The number of ether oxygens (including phenoxy) is 1. The van der Waals surface area contributed by atoms with Crippen molar-refractivity contribution >= 4 is 23.5 Å². The van der Waals surface area contributed by atoms with E-state index in [0.717, 1.165) is 19.1 Å². The zero-order chi connectivity index (χ0) is 13.4. The molecule has 92 valence electrons. The van der Waals surface area contributed by atoms with E-state index < -0.39 is 23.5 Å². The lowest BCUT2D eigenvalue weighted by molar-refractivity contribution is -0.146. The molecule has 2 aliphatic rings. The summed E-state index contributed by atoms with van der Waals surface area (Å²) in [6.07, 6.45) is 2.30. The third-order valence-corrected chi connectivity index (χ3v) is 2.46. The fourth-order valence-corrected chi connectivity index (χ4v) is 1.59. The number of Topliss-reactive ketones (excluding diaryl/α,β-unsaturated/α-hetero) is 1. The molecule has 0 spiro atoms. The van der Waals surface area contributed by atoms with Gasteiger partial charge in [-0.15, -0.1) is 0 Å². The van der Waals surface area contributed by atoms with E-state index in [4.69, 9.17) is 5.11 Å². The Morgan fingerprint density at radius 2 is 2.00 bits per heavy atom. The highest BCUT2D eigenvalue weighted by atomic mass is 16.6. The van der Waals surface area contributed by atoms with Crippen LogP contribution in [-0.4, -0.2) is 28.6 Å². The summed E-state index contributed by atoms with van der Waals surface area (Å²) in [4.78, 5) is 44.6. The number of esters is 1. The summed E-state index contributed by atoms with van der Waals surface area (Å²) in [5.41, 5.74) is 0.803. The molecule has 18 heavy (non-hydrogen) atoms. The molecular weight excluding hydrogens is 240 g/mol. The van der Waals surface area contributed by atoms with Crippen LogP contribution in [0.2, 0.25) is 0 Å². The van der Waals surface area contributed by atoms with Crippen molar-refractivity contribution in [2.75, 3.05) is 0 Å². The molecule has 0 fully saturated rings. The van der Waals surface area contributed by atoms with Crippen LogP contribution >= 0.6 is 0 Å². The van der Waals surface area contributed by atoms with Crippen LogP contribution in [0.4, 0.5) is 0 Å². The topological polar surface area (TPSA) is 97.7 Å². The number of ketones is 2. The molecule has 2 aliphatic carbocycles. The molecule has 0 aliphatic heterocycles. The molecule has 1 N–H and O–H groups in total. The van der Waals surface area contributed by atoms with Crippen molar-refractivity contribution in [3.8, 4) is 0 Å². The minimum Gasteiger partial charge on any atom is -0.475 e. The molecular formula is C12H8O6. The van der Waals surface area contributed by atoms with Gasteiger partial charge in [0.05, 0.1) is 0 Å². The van der Waals surface area contributed by atoms with E-state index in [1.807, 2.05) is 0 Å². The maximum absolute atomic E-state index is 11.7. The average Bonchev–Trinajstić information content (AvgIpc) is 3.04. The molecule has 6 heteroatoms. The van der Waals surface area contributed by atoms with Crippen LogP contribution in [0.15, 0.2) is 34.6 Å². The Labute approximate surface area is 101 Å². The molecule has 6 nitrogen and oxygen atoms in total. The number of hydrogen-bond donors (Lipinski definition) is 1. The first-order valence-electron chi connectivity index (χ1n) is 5.06. The number of carboxylic acid groups (broad SMARTS) is 1. The molecule has 0 aromatic rings. The van der Waals surface area contributed by atoms with Crippen molar-refractivity contribution in [3.63, 3.8) is 0 Å². The van der Waals surface area contributed by atoms with Gasteiger partial charge in [0.2, 0.25) is 5.76 Å². The Bertz CT molecular complexity index is 588. The smallest absolute Gasteiger partial charge is 0.371 e. The van der Waals surface area contributed by atoms with Gasteiger partial charge in [0.1, 0.15) is 0 Å². The van der Waals surface area contributed by atoms with Gasteiger partial charge in [-0.05, 0) is 12.2 Å². The summed E-state index contributed by atoms with van der Waals surface area (Å²) in [6, 6.07) is 0. The van der Waals surface area contributed by atoms with E-state index in [1.165, 1.54) is 0 Å². The van der Waals surface area contributed by atoms with Crippen LogP contribution in [0.1, 0.15) is 13.3 Å². The van der Waals surface area contributed by atoms with E-state index in [1.54, 1.807) is 0 Å². The Morgan fingerprint density at radius 3 is 2.56 bits per heavy atom. The third kappa shape index (κ3) is 2.13. The van der Waals surface area contributed by atoms with Gasteiger partial charge in [0.15, 0.2) is 11.6 Å². The van der Waals surface area contributed by atoms with E-state index in [2.05, 4.69) is 4.74 Å². The van der Waals surface area contributed by atoms with E-state index >= 15 is 0 Å². The highest BCUT2D eigenvalue weighted by Crippen LogP contribution is 2.38. The number of allylic oxidation sites excluding steroid dienone is 5. The van der Waals surface area contributed by atoms with E-state index in [9.17, 15) is 19.2 Å². The minimum absolute atomic E-state index is 0.0742. The maximum Gasteiger partial charge on any atom is 0.371 e. The second-order valence-electron chi connectivity index (χ2n) is 3.83. The fourth-order valence-electron chi connectivity index (χ4n) is 1.59. The number of carbonyl (C=O) groups excluding carboxylic acids is 3. The molecule has 0 radical (unpaired) electrons. The molecule has 0 aromatic heterocycles. The number of carboxylic acids is 1. The largest absolute Gasteiger partial charge is 0.475 e. The van der Waals surface area contributed by atoms with Crippen LogP contribution in [0.3, 0.4) is 0 Å². The molecule has 2 rings (SSSR count). The molecule has 0 bridgehead atoms. The van der Waals surface area contributed by atoms with Crippen LogP contribution in [0, 0.1) is 0 Å². The minimum atomic E-state index is -1.48. The second-order valence-corrected chi connectivity index (χ2v) is 3.83. The molecule has 0 unspecified atom stereocenters. The fraction of sp³-hybridized carbons (Fsp3) is 0.167. The molecule has 0 aromatic carbocycles. The standard InChI is InChI=1S/C12H8O6/c1-5(13)18-10(12(16)17)3-6-2-9(14)7-4-8(7)11(6)15/h2-3H,4H2,1H3,(H,16,17). The summed E-state index contributed by atoms with van der Waals surface area (Å²) in [7, 11) is 0. The lowest BCUT2D eigenvalue weighted by Crippen LogP contribution is -2.12. The lowest BCUT2D eigenvalue weighted by atomic mass is 10.0. The third-order valence-electron chi connectivity index (χ3n) is 2.46. The second kappa shape index (κ2) is 4.06. The first-order chi connectivity index (χ1) is 8.40. The molecule has 0 heterocycles. The Kier molecular flexibility index (Phi) is 2.70. The Hall–Kier alpha value is -2.50. The van der Waals surface area contributed by atoms with Crippen molar-refractivity contribution in [3.05, 3.63) is 34.6 Å². The highest BCUT2D eigenvalue weighted by molar-refractivity contribution is 6.29. The normalized spacial score (nSPS) is 18.3. The highest BCUT2D eigenvalue weighted by Gasteiger charge is 2.37. The lowest BCUT2D eigenvalue weighted by Gasteiger charge is -2.04. The summed E-state index contributed by atoms with van der Waals surface area (Å²) in [5, 5.41) is 8.80. The van der Waals surface area contributed by atoms with Crippen molar-refractivity contribution < 1.29 is 29.0 Å². The number of hydrogen-bond acceptors (Lipinski definition) is 5. The van der Waals surface area contributed by atoms with E-state index in [-0.39, 0.29) is 11.4 Å². The summed E-state index contributed by atoms with van der Waals surface area (Å²) < 4.78 is 4.45. The number of aliphatic carboxylic acids is 1. The van der Waals surface area contributed by atoms with Crippen molar-refractivity contribution in [1.82, 2.24) is 0 Å². The van der Waals surface area contributed by atoms with Gasteiger partial charge in [0.25, 0.3) is 0 Å². The zero-order valence-electron chi connectivity index (χ0n) is 9.35. The molecule has 0 saturated heterocycles. The SMILES string of the molecule is CC(=O)OC(=CC1=CC(=O)C2=C(C2)C1=O)C(=O)O. The van der Waals surface area contributed by atoms with Crippen LogP contribution in [0.5, 0.6) is 0 Å². The molecule has 0 saturated carbocycles. The van der Waals surface area contributed by atoms with Gasteiger partial charge in [-0.2, -0.15) is 0 Å². The van der Waals surface area contributed by atoms with Gasteiger partial charge in [-0.1, -0.05) is 0 Å². The van der Waals surface area contributed by atoms with Crippen LogP contribution in [0.25, 0.3) is 0 Å². The predicted octanol–water partition coefficient (Wildman–Crippen LogP) is 0.296. The van der Waals surface area contributed by atoms with Crippen molar-refractivity contribution in [2.24, 2.45) is 0 Å². The van der Waals surface area contributed by atoms with Gasteiger partial charge < -0.3 is 9.84 Å². The van der Waals surface area contributed by atoms with Gasteiger partial charge in [-0.3, -0.25) is 14.4 Å². The zero-order valence-corrected chi connectivity index (χ0v) is 9.35. The first kappa shape index (κ1) is 12.0. The average molecular weight is 248 g/mol. The number of rotatable bonds is 3. The summed E-state index contributed by atoms with van der Waals surface area (Å²) >= 11 is 0. The Balaban J connectivity index is 2.30. The molecule has 0 atom stereocenters. The van der Waals surface area contributed by atoms with Gasteiger partial charge in [-0.25, -0.2) is 4.79 Å². The van der Waals surface area contributed by atoms with Gasteiger partial charge >= 0.3 is 11.9 Å². The number of carbonyl (C=O) groups is 4. The molecule has 0 amide bonds. The monoisotopic (exact) mass is 248 g/mol. The first-order valence-corrected chi connectivity index (χ1v) is 5.06. The summed E-state index contributed by atoms with van der Waals surface area (Å²) in [6.45, 7) is 1.04. The summed E-state index contributed by atoms with van der Waals surface area (Å²) in [5.74, 6) is -3.68. The van der Waals surface area contributed by atoms with Crippen LogP contribution in [-0.2, 0) is 23.9 Å². The van der Waals surface area contributed by atoms with Crippen LogP contribution < -0.4 is 0 Å². The quantitative estimate of drug-likeness (QED) is 0.334. The van der Waals surface area contributed by atoms with Crippen molar-refractivity contribution in [1.29, 1.82) is 0 Å². The predicted molar refractivity (Wildman–Crippen MR) is 57.2 cm³/mol. The van der Waals surface area contributed by atoms with Gasteiger partial charge in [0, 0.05) is 30.1 Å². The Morgan fingerprint density at radius 1 is 1.33 bits per heavy atom. The maximum atomic E-state index is 11.7. The van der Waals surface area contributed by atoms with E-state index in [0.29, 0.717) is 17.6 Å². The van der Waals surface area contributed by atoms with Crippen molar-refractivity contribution in [2.45, 2.75) is 13.3 Å².